The summed E-state index contributed by atoms with van der Waals surface area (Å²) in [7, 11) is 1.66. The van der Waals surface area contributed by atoms with Gasteiger partial charge in [0.15, 0.2) is 11.2 Å². The van der Waals surface area contributed by atoms with Crippen molar-refractivity contribution in [2.75, 3.05) is 31.1 Å². The third-order valence-corrected chi connectivity index (χ3v) is 7.23. The maximum Gasteiger partial charge on any atom is 0.329 e. The van der Waals surface area contributed by atoms with Gasteiger partial charge in [-0.15, -0.1) is 0 Å². The van der Waals surface area contributed by atoms with E-state index in [4.69, 9.17) is 4.98 Å². The lowest BCUT2D eigenvalue weighted by molar-refractivity contribution is 0.247. The van der Waals surface area contributed by atoms with Gasteiger partial charge in [-0.1, -0.05) is 54.1 Å². The lowest BCUT2D eigenvalue weighted by Crippen LogP contribution is -2.47. The zero-order chi connectivity index (χ0) is 25.2. The first-order valence-electron chi connectivity index (χ1n) is 12.7. The molecule has 1 saturated heterocycles. The van der Waals surface area contributed by atoms with Crippen LogP contribution in [0.3, 0.4) is 0 Å². The van der Waals surface area contributed by atoms with Crippen LogP contribution in [0.1, 0.15) is 28.7 Å². The molecule has 1 aliphatic rings. The van der Waals surface area contributed by atoms with Gasteiger partial charge in [-0.05, 0) is 43.4 Å². The summed E-state index contributed by atoms with van der Waals surface area (Å²) in [5.74, 6) is 0.774. The van der Waals surface area contributed by atoms with Crippen molar-refractivity contribution >= 4 is 17.1 Å². The predicted octanol–water partition coefficient (Wildman–Crippen LogP) is 3.00. The predicted molar refractivity (Wildman–Crippen MR) is 144 cm³/mol. The molecule has 2 aromatic carbocycles. The van der Waals surface area contributed by atoms with Crippen LogP contribution in [-0.4, -0.2) is 50.2 Å². The molecule has 3 heterocycles. The Morgan fingerprint density at radius 1 is 0.972 bits per heavy atom. The standard InChI is InChI=1S/C28H34N6O2/c1-20-11-12-21(2)23(18-20)19-32-14-16-33(17-15-32)27-29-25-24(26(35)30-28(36)31(25)3)34(27)13-7-10-22-8-5-4-6-9-22/h4-6,8-9,11-12,18H,7,10,13-17,19H2,1-3H3,(H,30,35,36). The second-order valence-corrected chi connectivity index (χ2v) is 9.84. The van der Waals surface area contributed by atoms with E-state index in [9.17, 15) is 9.59 Å². The van der Waals surface area contributed by atoms with E-state index in [-0.39, 0.29) is 5.56 Å². The van der Waals surface area contributed by atoms with Crippen LogP contribution in [0.5, 0.6) is 0 Å². The van der Waals surface area contributed by atoms with Crippen molar-refractivity contribution in [1.29, 1.82) is 0 Å². The molecular weight excluding hydrogens is 452 g/mol. The number of H-pyrrole nitrogens is 1. The zero-order valence-corrected chi connectivity index (χ0v) is 21.3. The molecule has 36 heavy (non-hydrogen) atoms. The molecule has 0 amide bonds. The summed E-state index contributed by atoms with van der Waals surface area (Å²) in [6, 6.07) is 17.0. The fourth-order valence-electron chi connectivity index (χ4n) is 5.08. The highest BCUT2D eigenvalue weighted by molar-refractivity contribution is 5.74. The van der Waals surface area contributed by atoms with Crippen molar-refractivity contribution in [1.82, 2.24) is 24.0 Å². The van der Waals surface area contributed by atoms with Crippen LogP contribution in [0.4, 0.5) is 5.95 Å². The monoisotopic (exact) mass is 486 g/mol. The molecule has 1 N–H and O–H groups in total. The second-order valence-electron chi connectivity index (χ2n) is 9.84. The molecule has 0 spiro atoms. The summed E-state index contributed by atoms with van der Waals surface area (Å²) < 4.78 is 3.45. The van der Waals surface area contributed by atoms with E-state index in [1.807, 2.05) is 22.8 Å². The fourth-order valence-corrected chi connectivity index (χ4v) is 5.08. The van der Waals surface area contributed by atoms with Gasteiger partial charge in [-0.25, -0.2) is 4.79 Å². The van der Waals surface area contributed by atoms with Gasteiger partial charge in [0.25, 0.3) is 5.56 Å². The number of hydrogen-bond donors (Lipinski definition) is 1. The van der Waals surface area contributed by atoms with Crippen molar-refractivity contribution < 1.29 is 0 Å². The van der Waals surface area contributed by atoms with E-state index in [0.717, 1.165) is 51.5 Å². The van der Waals surface area contributed by atoms with Gasteiger partial charge in [0.1, 0.15) is 0 Å². The van der Waals surface area contributed by atoms with E-state index in [1.54, 1.807) is 7.05 Å². The normalized spacial score (nSPS) is 14.6. The Kier molecular flexibility index (Phi) is 6.78. The average Bonchev–Trinajstić information content (AvgIpc) is 3.26. The molecular formula is C28H34N6O2. The van der Waals surface area contributed by atoms with Crippen LogP contribution in [0, 0.1) is 13.8 Å². The molecule has 2 aromatic heterocycles. The topological polar surface area (TPSA) is 79.2 Å². The van der Waals surface area contributed by atoms with Gasteiger partial charge in [0.05, 0.1) is 0 Å². The highest BCUT2D eigenvalue weighted by Crippen LogP contribution is 2.23. The molecule has 0 radical (unpaired) electrons. The van der Waals surface area contributed by atoms with E-state index in [0.29, 0.717) is 17.7 Å². The Hall–Kier alpha value is -3.65. The molecule has 0 unspecified atom stereocenters. The van der Waals surface area contributed by atoms with Gasteiger partial charge in [-0.2, -0.15) is 4.98 Å². The largest absolute Gasteiger partial charge is 0.340 e. The third kappa shape index (κ3) is 4.86. The second kappa shape index (κ2) is 10.1. The molecule has 0 saturated carbocycles. The summed E-state index contributed by atoms with van der Waals surface area (Å²) in [5.41, 5.74) is 5.35. The minimum atomic E-state index is -0.439. The minimum Gasteiger partial charge on any atom is -0.340 e. The smallest absolute Gasteiger partial charge is 0.329 e. The number of aromatic amines is 1. The molecule has 1 fully saturated rings. The van der Waals surface area contributed by atoms with Crippen LogP contribution in [0.2, 0.25) is 0 Å². The van der Waals surface area contributed by atoms with Crippen molar-refractivity contribution in [2.45, 2.75) is 39.8 Å². The molecule has 5 rings (SSSR count). The van der Waals surface area contributed by atoms with Gasteiger partial charge in [0.2, 0.25) is 5.95 Å². The molecule has 0 aliphatic carbocycles. The van der Waals surface area contributed by atoms with E-state index in [2.05, 4.69) is 59.0 Å². The van der Waals surface area contributed by atoms with Crippen LogP contribution in [0.25, 0.3) is 11.2 Å². The Morgan fingerprint density at radius 2 is 1.72 bits per heavy atom. The van der Waals surface area contributed by atoms with E-state index < -0.39 is 5.69 Å². The summed E-state index contributed by atoms with van der Waals surface area (Å²) >= 11 is 0. The lowest BCUT2D eigenvalue weighted by Gasteiger charge is -2.35. The SMILES string of the molecule is Cc1ccc(C)c(CN2CCN(c3nc4c(c(=O)[nH]c(=O)n4C)n3CCCc3ccccc3)CC2)c1. The van der Waals surface area contributed by atoms with Crippen LogP contribution >= 0.6 is 0 Å². The number of benzene rings is 2. The molecule has 4 aromatic rings. The minimum absolute atomic E-state index is 0.375. The summed E-state index contributed by atoms with van der Waals surface area (Å²) in [6.07, 6.45) is 1.78. The number of nitrogens with zero attached hydrogens (tertiary/aromatic N) is 5. The van der Waals surface area contributed by atoms with Crippen molar-refractivity contribution in [3.05, 3.63) is 91.6 Å². The number of aryl methyl sites for hydroxylation is 5. The summed E-state index contributed by atoms with van der Waals surface area (Å²) in [6.45, 7) is 9.36. The molecule has 0 bridgehead atoms. The van der Waals surface area contributed by atoms with Crippen molar-refractivity contribution in [3.8, 4) is 0 Å². The van der Waals surface area contributed by atoms with Crippen molar-refractivity contribution in [2.24, 2.45) is 7.05 Å². The van der Waals surface area contributed by atoms with Crippen LogP contribution in [0.15, 0.2) is 58.1 Å². The number of fused-ring (bicyclic) bond motifs is 1. The number of imidazole rings is 1. The maximum absolute atomic E-state index is 12.9. The first-order valence-corrected chi connectivity index (χ1v) is 12.7. The molecule has 8 nitrogen and oxygen atoms in total. The third-order valence-electron chi connectivity index (χ3n) is 7.23. The maximum atomic E-state index is 12.9. The average molecular weight is 487 g/mol. The number of rotatable bonds is 7. The van der Waals surface area contributed by atoms with Crippen LogP contribution < -0.4 is 16.1 Å². The molecule has 0 atom stereocenters. The number of hydrogen-bond acceptors (Lipinski definition) is 5. The highest BCUT2D eigenvalue weighted by atomic mass is 16.2. The molecule has 8 heteroatoms. The van der Waals surface area contributed by atoms with E-state index in [1.165, 1.54) is 26.8 Å². The summed E-state index contributed by atoms with van der Waals surface area (Å²) in [5, 5.41) is 0. The number of anilines is 1. The number of nitrogens with one attached hydrogen (secondary N) is 1. The first-order chi connectivity index (χ1) is 17.4. The van der Waals surface area contributed by atoms with Gasteiger partial charge >= 0.3 is 5.69 Å². The quantitative estimate of drug-likeness (QED) is 0.435. The van der Waals surface area contributed by atoms with Crippen molar-refractivity contribution in [3.63, 3.8) is 0 Å². The first kappa shape index (κ1) is 24.1. The molecule has 188 valence electrons. The van der Waals surface area contributed by atoms with Gasteiger partial charge in [0, 0.05) is 46.3 Å². The van der Waals surface area contributed by atoms with Gasteiger partial charge < -0.3 is 9.47 Å². The Morgan fingerprint density at radius 3 is 2.47 bits per heavy atom. The highest BCUT2D eigenvalue weighted by Gasteiger charge is 2.25. The Balaban J connectivity index is 1.38. The lowest BCUT2D eigenvalue weighted by atomic mass is 10.0. The Labute approximate surface area is 210 Å². The zero-order valence-electron chi connectivity index (χ0n) is 21.3. The van der Waals surface area contributed by atoms with Gasteiger partial charge in [-0.3, -0.25) is 19.2 Å². The fraction of sp³-hybridized carbons (Fsp3) is 0.393. The summed E-state index contributed by atoms with van der Waals surface area (Å²) in [4.78, 5) is 37.1. The number of piperazine rings is 1. The molecule has 1 aliphatic heterocycles. The number of aromatic nitrogens is 4. The Bertz CT molecular complexity index is 1480. The van der Waals surface area contributed by atoms with E-state index >= 15 is 0 Å². The van der Waals surface area contributed by atoms with Crippen LogP contribution in [-0.2, 0) is 26.6 Å².